The van der Waals surface area contributed by atoms with Gasteiger partial charge in [0.1, 0.15) is 6.04 Å². The summed E-state index contributed by atoms with van der Waals surface area (Å²) in [6.07, 6.45) is -10.9. The Morgan fingerprint density at radius 3 is 1.95 bits per heavy atom. The van der Waals surface area contributed by atoms with Gasteiger partial charge >= 0.3 is 18.3 Å². The quantitative estimate of drug-likeness (QED) is 0.795. The average Bonchev–Trinajstić information content (AvgIpc) is 2.49. The van der Waals surface area contributed by atoms with Crippen molar-refractivity contribution in [1.29, 1.82) is 0 Å². The number of aliphatic carboxylic acids is 1. The van der Waals surface area contributed by atoms with Crippen LogP contribution in [0.2, 0.25) is 0 Å². The molecule has 10 heteroatoms. The van der Waals surface area contributed by atoms with Gasteiger partial charge in [0.2, 0.25) is 11.8 Å². The summed E-state index contributed by atoms with van der Waals surface area (Å²) in [4.78, 5) is 22.9. The molecule has 0 aromatic heterocycles. The summed E-state index contributed by atoms with van der Waals surface area (Å²) < 4.78 is 75.2. The summed E-state index contributed by atoms with van der Waals surface area (Å²) in [6.45, 7) is -0.432. The van der Waals surface area contributed by atoms with Crippen molar-refractivity contribution in [3.63, 3.8) is 0 Å². The van der Waals surface area contributed by atoms with E-state index >= 15 is 0 Å². The summed E-state index contributed by atoms with van der Waals surface area (Å²) in [5, 5.41) is 8.91. The van der Waals surface area contributed by atoms with E-state index in [-0.39, 0.29) is 17.7 Å². The first-order valence-corrected chi connectivity index (χ1v) is 6.13. The van der Waals surface area contributed by atoms with Crippen LogP contribution >= 0.6 is 0 Å². The van der Waals surface area contributed by atoms with Crippen LogP contribution in [0.1, 0.15) is 25.7 Å². The fourth-order valence-electron chi connectivity index (χ4n) is 2.26. The molecule has 21 heavy (non-hydrogen) atoms. The maximum Gasteiger partial charge on any atom is 0.409 e. The molecule has 1 unspecified atom stereocenters. The number of alkyl halides is 6. The summed E-state index contributed by atoms with van der Waals surface area (Å²) in [6, 6.07) is -1.66. The highest BCUT2D eigenvalue weighted by Gasteiger charge is 2.62. The van der Waals surface area contributed by atoms with E-state index in [9.17, 15) is 35.9 Å². The molecular weight excluding hydrogens is 308 g/mol. The second-order valence-electron chi connectivity index (χ2n) is 4.75. The summed E-state index contributed by atoms with van der Waals surface area (Å²) in [5.74, 6) is -8.04. The Kier molecular flexibility index (Phi) is 5.11. The molecule has 1 aliphatic heterocycles. The number of rotatable bonds is 2. The molecule has 1 saturated heterocycles. The van der Waals surface area contributed by atoms with Crippen molar-refractivity contribution in [2.24, 2.45) is 5.92 Å². The highest BCUT2D eigenvalue weighted by Crippen LogP contribution is 2.41. The van der Waals surface area contributed by atoms with Crippen LogP contribution < -0.4 is 0 Å². The highest BCUT2D eigenvalue weighted by atomic mass is 19.4. The van der Waals surface area contributed by atoms with Crippen LogP contribution in [0.3, 0.4) is 0 Å². The van der Waals surface area contributed by atoms with Crippen molar-refractivity contribution in [2.75, 3.05) is 6.54 Å². The van der Waals surface area contributed by atoms with Crippen molar-refractivity contribution in [3.05, 3.63) is 0 Å². The molecule has 0 aliphatic carbocycles. The minimum Gasteiger partial charge on any atom is -0.480 e. The molecule has 4 nitrogen and oxygen atoms in total. The number of carbonyl (C=O) groups excluding carboxylic acids is 1. The van der Waals surface area contributed by atoms with Crippen LogP contribution in [0.15, 0.2) is 0 Å². The predicted octanol–water partition coefficient (Wildman–Crippen LogP) is 2.58. The monoisotopic (exact) mass is 321 g/mol. The van der Waals surface area contributed by atoms with Gasteiger partial charge in [-0.15, -0.1) is 0 Å². The molecular formula is C11H13F6NO3. The van der Waals surface area contributed by atoms with Crippen molar-refractivity contribution < 1.29 is 41.0 Å². The van der Waals surface area contributed by atoms with Crippen LogP contribution in [0.5, 0.6) is 0 Å². The number of nitrogens with zero attached hydrogens (tertiary/aromatic N) is 1. The zero-order valence-electron chi connectivity index (χ0n) is 10.7. The lowest BCUT2D eigenvalue weighted by Crippen LogP contribution is -2.54. The number of likely N-dealkylation sites (tertiary alicyclic amines) is 1. The standard InChI is InChI=1S/C11H13F6NO3/c12-10(13,14)7(11(15,16)17)8(19)18-5-3-1-2-4-6(18)9(20)21/h6-7H,1-5H2,(H,20,21). The molecule has 1 heterocycles. The fourth-order valence-corrected chi connectivity index (χ4v) is 2.26. The molecule has 0 radical (unpaired) electrons. The van der Waals surface area contributed by atoms with Crippen LogP contribution in [0.25, 0.3) is 0 Å². The van der Waals surface area contributed by atoms with E-state index in [4.69, 9.17) is 5.11 Å². The number of hydrogen-bond acceptors (Lipinski definition) is 2. The zero-order chi connectivity index (χ0) is 16.4. The third-order valence-corrected chi connectivity index (χ3v) is 3.22. The van der Waals surface area contributed by atoms with Crippen molar-refractivity contribution in [2.45, 2.75) is 44.1 Å². The predicted molar refractivity (Wildman–Crippen MR) is 57.2 cm³/mol. The Bertz CT molecular complexity index is 392. The topological polar surface area (TPSA) is 57.6 Å². The van der Waals surface area contributed by atoms with Crippen LogP contribution in [-0.4, -0.2) is 46.8 Å². The smallest absolute Gasteiger partial charge is 0.409 e. The summed E-state index contributed by atoms with van der Waals surface area (Å²) in [7, 11) is 0. The lowest BCUT2D eigenvalue weighted by molar-refractivity contribution is -0.278. The largest absolute Gasteiger partial charge is 0.480 e. The number of carboxylic acid groups (broad SMARTS) is 1. The number of amides is 1. The van der Waals surface area contributed by atoms with Gasteiger partial charge in [-0.1, -0.05) is 12.8 Å². The molecule has 0 spiro atoms. The minimum atomic E-state index is -5.81. The maximum atomic E-state index is 12.5. The van der Waals surface area contributed by atoms with E-state index in [1.54, 1.807) is 0 Å². The maximum absolute atomic E-state index is 12.5. The molecule has 1 aliphatic rings. The summed E-state index contributed by atoms with van der Waals surface area (Å²) >= 11 is 0. The van der Waals surface area contributed by atoms with Gasteiger partial charge in [0, 0.05) is 6.54 Å². The van der Waals surface area contributed by atoms with E-state index in [1.165, 1.54) is 0 Å². The van der Waals surface area contributed by atoms with E-state index in [1.807, 2.05) is 0 Å². The number of halogens is 6. The number of carbonyl (C=O) groups is 2. The van der Waals surface area contributed by atoms with Gasteiger partial charge in [-0.3, -0.25) is 4.79 Å². The molecule has 0 bridgehead atoms. The third kappa shape index (κ3) is 4.24. The third-order valence-electron chi connectivity index (χ3n) is 3.22. The van der Waals surface area contributed by atoms with E-state index in [0.717, 1.165) is 0 Å². The Morgan fingerprint density at radius 1 is 1.00 bits per heavy atom. The van der Waals surface area contributed by atoms with Gasteiger partial charge in [-0.2, -0.15) is 26.3 Å². The molecule has 1 amide bonds. The van der Waals surface area contributed by atoms with Crippen LogP contribution in [0.4, 0.5) is 26.3 Å². The van der Waals surface area contributed by atoms with Gasteiger partial charge in [-0.05, 0) is 12.8 Å². The number of hydrogen-bond donors (Lipinski definition) is 1. The minimum absolute atomic E-state index is 0.163. The van der Waals surface area contributed by atoms with E-state index in [2.05, 4.69) is 0 Å². The normalized spacial score (nSPS) is 21.3. The lowest BCUT2D eigenvalue weighted by atomic mass is 10.0. The van der Waals surface area contributed by atoms with E-state index < -0.39 is 42.7 Å². The molecule has 0 saturated carbocycles. The van der Waals surface area contributed by atoms with E-state index in [0.29, 0.717) is 12.8 Å². The first kappa shape index (κ1) is 17.6. The molecule has 122 valence electrons. The number of carboxylic acids is 1. The van der Waals surface area contributed by atoms with Crippen molar-refractivity contribution in [1.82, 2.24) is 4.90 Å². The first-order chi connectivity index (χ1) is 9.46. The molecule has 1 fully saturated rings. The van der Waals surface area contributed by atoms with Gasteiger partial charge in [0.05, 0.1) is 0 Å². The SMILES string of the molecule is O=C(O)C1CCCCCN1C(=O)C(C(F)(F)F)C(F)(F)F. The van der Waals surface area contributed by atoms with Gasteiger partial charge < -0.3 is 10.0 Å². The van der Waals surface area contributed by atoms with Crippen molar-refractivity contribution in [3.8, 4) is 0 Å². The van der Waals surface area contributed by atoms with Gasteiger partial charge in [0.15, 0.2) is 0 Å². The molecule has 0 aromatic rings. The van der Waals surface area contributed by atoms with Gasteiger partial charge in [0.25, 0.3) is 0 Å². The lowest BCUT2D eigenvalue weighted by Gasteiger charge is -2.32. The molecule has 0 aromatic carbocycles. The van der Waals surface area contributed by atoms with Crippen molar-refractivity contribution >= 4 is 11.9 Å². The second-order valence-corrected chi connectivity index (χ2v) is 4.75. The Labute approximate surface area is 115 Å². The van der Waals surface area contributed by atoms with Gasteiger partial charge in [-0.25, -0.2) is 4.79 Å². The van der Waals surface area contributed by atoms with Crippen LogP contribution in [0, 0.1) is 5.92 Å². The molecule has 1 rings (SSSR count). The molecule has 1 N–H and O–H groups in total. The Morgan fingerprint density at radius 2 is 1.52 bits per heavy atom. The summed E-state index contributed by atoms with van der Waals surface area (Å²) in [5.41, 5.74) is 0. The Hall–Kier alpha value is -1.48. The van der Waals surface area contributed by atoms with Crippen LogP contribution in [-0.2, 0) is 9.59 Å². The average molecular weight is 321 g/mol. The second kappa shape index (κ2) is 6.10. The first-order valence-electron chi connectivity index (χ1n) is 6.13. The zero-order valence-corrected chi connectivity index (χ0v) is 10.7. The fraction of sp³-hybridized carbons (Fsp3) is 0.818. The highest BCUT2D eigenvalue weighted by molar-refractivity contribution is 5.86. The molecule has 1 atom stereocenters. The Balaban J connectivity index is 3.13.